The minimum Gasteiger partial charge on any atom is -0.350 e. The Morgan fingerprint density at radius 1 is 1.30 bits per heavy atom. The quantitative estimate of drug-likeness (QED) is 0.546. The molecule has 0 atom stereocenters. The van der Waals surface area contributed by atoms with Gasteiger partial charge in [0.1, 0.15) is 12.4 Å². The topological polar surface area (TPSA) is 107 Å². The van der Waals surface area contributed by atoms with E-state index in [-0.39, 0.29) is 35.5 Å². The van der Waals surface area contributed by atoms with Gasteiger partial charge in [0.05, 0.1) is 22.2 Å². The number of nitrogens with zero attached hydrogens (tertiary/aromatic N) is 3. The molecule has 3 rings (SSSR count). The lowest BCUT2D eigenvalue weighted by molar-refractivity contribution is -0.384. The number of carbonyl (C=O) groups excluding carboxylic acids is 1. The summed E-state index contributed by atoms with van der Waals surface area (Å²) < 4.78 is 14.4. The highest BCUT2D eigenvalue weighted by Crippen LogP contribution is 2.16. The predicted octanol–water partition coefficient (Wildman–Crippen LogP) is 2.07. The second-order valence-electron chi connectivity index (χ2n) is 6.00. The molecule has 27 heavy (non-hydrogen) atoms. The highest BCUT2D eigenvalue weighted by atomic mass is 19.1. The van der Waals surface area contributed by atoms with Crippen molar-refractivity contribution in [2.24, 2.45) is 0 Å². The molecule has 0 bridgehead atoms. The van der Waals surface area contributed by atoms with Gasteiger partial charge in [-0.1, -0.05) is 12.1 Å². The fourth-order valence-electron chi connectivity index (χ4n) is 2.60. The Bertz CT molecular complexity index is 1110. The van der Waals surface area contributed by atoms with Crippen molar-refractivity contribution in [2.45, 2.75) is 20.0 Å². The average Bonchev–Trinajstić information content (AvgIpc) is 2.64. The minimum absolute atomic E-state index is 0.167. The molecule has 8 nitrogen and oxygen atoms in total. The first-order valence-electron chi connectivity index (χ1n) is 8.00. The maximum atomic E-state index is 13.3. The fourth-order valence-corrected chi connectivity index (χ4v) is 2.60. The first kappa shape index (κ1) is 18.2. The Kier molecular flexibility index (Phi) is 4.93. The lowest BCUT2D eigenvalue weighted by Gasteiger charge is -2.09. The maximum Gasteiger partial charge on any atom is 0.271 e. The normalized spacial score (nSPS) is 10.7. The van der Waals surface area contributed by atoms with Crippen LogP contribution in [0.1, 0.15) is 11.1 Å². The van der Waals surface area contributed by atoms with Gasteiger partial charge in [-0.3, -0.25) is 24.3 Å². The summed E-state index contributed by atoms with van der Waals surface area (Å²) in [6, 6.07) is 8.27. The SMILES string of the molecule is Cc1cc(CNC(=O)Cn2cnc3cc([N+](=O)[O-])ccc3c2=O)ccc1F. The zero-order chi connectivity index (χ0) is 19.6. The number of fused-ring (bicyclic) bond motifs is 1. The summed E-state index contributed by atoms with van der Waals surface area (Å²) in [6.07, 6.45) is 1.18. The number of rotatable bonds is 5. The third-order valence-corrected chi connectivity index (χ3v) is 4.05. The number of nitro benzene ring substituents is 1. The van der Waals surface area contributed by atoms with Crippen molar-refractivity contribution in [3.63, 3.8) is 0 Å². The Hall–Kier alpha value is -3.62. The van der Waals surface area contributed by atoms with Crippen molar-refractivity contribution >= 4 is 22.5 Å². The summed E-state index contributed by atoms with van der Waals surface area (Å²) in [6.45, 7) is 1.58. The fraction of sp³-hybridized carbons (Fsp3) is 0.167. The molecule has 0 saturated heterocycles. The van der Waals surface area contributed by atoms with Crippen LogP contribution in [0.4, 0.5) is 10.1 Å². The predicted molar refractivity (Wildman–Crippen MR) is 95.6 cm³/mol. The van der Waals surface area contributed by atoms with Crippen molar-refractivity contribution in [2.75, 3.05) is 0 Å². The van der Waals surface area contributed by atoms with Crippen molar-refractivity contribution in [3.05, 3.63) is 80.1 Å². The van der Waals surface area contributed by atoms with Gasteiger partial charge >= 0.3 is 0 Å². The van der Waals surface area contributed by atoms with Crippen molar-refractivity contribution in [1.82, 2.24) is 14.9 Å². The number of hydrogen-bond donors (Lipinski definition) is 1. The van der Waals surface area contributed by atoms with Gasteiger partial charge in [-0.2, -0.15) is 0 Å². The van der Waals surface area contributed by atoms with Crippen LogP contribution in [0, 0.1) is 22.9 Å². The molecule has 1 aromatic heterocycles. The average molecular weight is 370 g/mol. The van der Waals surface area contributed by atoms with Gasteiger partial charge < -0.3 is 5.32 Å². The molecule has 0 saturated carbocycles. The number of non-ortho nitro benzene ring substituents is 1. The van der Waals surface area contributed by atoms with Gasteiger partial charge in [0.2, 0.25) is 5.91 Å². The van der Waals surface area contributed by atoms with E-state index in [1.54, 1.807) is 19.1 Å². The second kappa shape index (κ2) is 7.32. The molecule has 1 amide bonds. The van der Waals surface area contributed by atoms with Crippen LogP contribution in [0.3, 0.4) is 0 Å². The van der Waals surface area contributed by atoms with Crippen LogP contribution >= 0.6 is 0 Å². The summed E-state index contributed by atoms with van der Waals surface area (Å²) >= 11 is 0. The number of aryl methyl sites for hydroxylation is 1. The molecule has 0 aliphatic carbocycles. The zero-order valence-electron chi connectivity index (χ0n) is 14.3. The van der Waals surface area contributed by atoms with E-state index >= 15 is 0 Å². The van der Waals surface area contributed by atoms with E-state index < -0.39 is 16.4 Å². The van der Waals surface area contributed by atoms with E-state index in [4.69, 9.17) is 0 Å². The molecule has 1 N–H and O–H groups in total. The highest BCUT2D eigenvalue weighted by molar-refractivity contribution is 5.80. The number of benzene rings is 2. The molecule has 9 heteroatoms. The monoisotopic (exact) mass is 370 g/mol. The number of halogens is 1. The molecule has 0 fully saturated rings. The van der Waals surface area contributed by atoms with E-state index in [2.05, 4.69) is 10.3 Å². The maximum absolute atomic E-state index is 13.3. The van der Waals surface area contributed by atoms with Crippen molar-refractivity contribution in [1.29, 1.82) is 0 Å². The minimum atomic E-state index is -0.572. The van der Waals surface area contributed by atoms with Crippen LogP contribution in [0.2, 0.25) is 0 Å². The number of hydrogen-bond acceptors (Lipinski definition) is 5. The number of amides is 1. The second-order valence-corrected chi connectivity index (χ2v) is 6.00. The Labute approximate surface area is 152 Å². The highest BCUT2D eigenvalue weighted by Gasteiger charge is 2.12. The lowest BCUT2D eigenvalue weighted by atomic mass is 10.1. The van der Waals surface area contributed by atoms with Crippen LogP contribution in [0.25, 0.3) is 10.9 Å². The van der Waals surface area contributed by atoms with Gasteiger partial charge in [0.15, 0.2) is 0 Å². The van der Waals surface area contributed by atoms with Crippen molar-refractivity contribution < 1.29 is 14.1 Å². The molecule has 0 spiro atoms. The largest absolute Gasteiger partial charge is 0.350 e. The molecule has 1 heterocycles. The van der Waals surface area contributed by atoms with E-state index in [1.807, 2.05) is 0 Å². The zero-order valence-corrected chi connectivity index (χ0v) is 14.3. The Balaban J connectivity index is 1.73. The molecule has 2 aromatic carbocycles. The molecule has 138 valence electrons. The van der Waals surface area contributed by atoms with Gasteiger partial charge in [-0.15, -0.1) is 0 Å². The van der Waals surface area contributed by atoms with Gasteiger partial charge in [0.25, 0.3) is 11.2 Å². The van der Waals surface area contributed by atoms with Crippen molar-refractivity contribution in [3.8, 4) is 0 Å². The third kappa shape index (κ3) is 3.97. The molecule has 0 radical (unpaired) electrons. The van der Waals surface area contributed by atoms with Crippen LogP contribution in [-0.4, -0.2) is 20.4 Å². The van der Waals surface area contributed by atoms with E-state index in [9.17, 15) is 24.1 Å². The summed E-state index contributed by atoms with van der Waals surface area (Å²) in [4.78, 5) is 38.8. The smallest absolute Gasteiger partial charge is 0.271 e. The van der Waals surface area contributed by atoms with E-state index in [0.717, 1.165) is 10.1 Å². The first-order valence-corrected chi connectivity index (χ1v) is 8.00. The van der Waals surface area contributed by atoms with Crippen LogP contribution < -0.4 is 10.9 Å². The first-order chi connectivity index (χ1) is 12.8. The van der Waals surface area contributed by atoms with Gasteiger partial charge in [-0.25, -0.2) is 9.37 Å². The standard InChI is InChI=1S/C18H15FN4O4/c1-11-6-12(2-5-15(11)19)8-20-17(24)9-22-10-21-16-7-13(23(26)27)3-4-14(16)18(22)25/h2-7,10H,8-9H2,1H3,(H,20,24). The Morgan fingerprint density at radius 2 is 2.07 bits per heavy atom. The van der Waals surface area contributed by atoms with E-state index in [1.165, 1.54) is 30.6 Å². The molecular weight excluding hydrogens is 355 g/mol. The van der Waals surface area contributed by atoms with Crippen LogP contribution in [-0.2, 0) is 17.9 Å². The summed E-state index contributed by atoms with van der Waals surface area (Å²) in [5.41, 5.74) is 0.763. The summed E-state index contributed by atoms with van der Waals surface area (Å²) in [7, 11) is 0. The van der Waals surface area contributed by atoms with Crippen LogP contribution in [0.5, 0.6) is 0 Å². The Morgan fingerprint density at radius 3 is 2.78 bits per heavy atom. The summed E-state index contributed by atoms with van der Waals surface area (Å²) in [5.74, 6) is -0.735. The number of nitro groups is 1. The van der Waals surface area contributed by atoms with E-state index in [0.29, 0.717) is 5.56 Å². The molecule has 0 unspecified atom stereocenters. The van der Waals surface area contributed by atoms with Crippen LogP contribution in [0.15, 0.2) is 47.5 Å². The molecular formula is C18H15FN4O4. The third-order valence-electron chi connectivity index (χ3n) is 4.05. The molecule has 0 aliphatic rings. The number of carbonyl (C=O) groups is 1. The molecule has 3 aromatic rings. The van der Waals surface area contributed by atoms with Gasteiger partial charge in [-0.05, 0) is 30.2 Å². The number of nitrogens with one attached hydrogen (secondary N) is 1. The summed E-state index contributed by atoms with van der Waals surface area (Å²) in [5, 5.41) is 13.6. The van der Waals surface area contributed by atoms with Gasteiger partial charge in [0, 0.05) is 18.7 Å². The molecule has 0 aliphatic heterocycles. The number of aromatic nitrogens is 2. The lowest BCUT2D eigenvalue weighted by Crippen LogP contribution is -2.32.